The van der Waals surface area contributed by atoms with Gasteiger partial charge in [0.05, 0.1) is 21.2 Å². The summed E-state index contributed by atoms with van der Waals surface area (Å²) in [6.45, 7) is 0. The van der Waals surface area contributed by atoms with Crippen molar-refractivity contribution in [2.24, 2.45) is 0 Å². The van der Waals surface area contributed by atoms with Crippen LogP contribution in [0.1, 0.15) is 0 Å². The fourth-order valence-corrected chi connectivity index (χ4v) is 2.11. The number of fused-ring (bicyclic) bond motifs is 1. The molecule has 0 saturated heterocycles. The molecule has 0 fully saturated rings. The van der Waals surface area contributed by atoms with E-state index in [0.29, 0.717) is 21.9 Å². The standard InChI is InChI=1S/C13H8ClN3O2/c14-9-5-6-13-15-11(8-16(13)7-9)10-3-1-2-4-12(10)17(18)19/h1-8H. The molecule has 0 N–H and O–H groups in total. The van der Waals surface area contributed by atoms with E-state index in [2.05, 4.69) is 4.98 Å². The molecule has 0 radical (unpaired) electrons. The Morgan fingerprint density at radius 3 is 2.74 bits per heavy atom. The van der Waals surface area contributed by atoms with Crippen LogP contribution < -0.4 is 0 Å². The summed E-state index contributed by atoms with van der Waals surface area (Å²) in [4.78, 5) is 15.0. The molecule has 0 saturated carbocycles. The summed E-state index contributed by atoms with van der Waals surface area (Å²) >= 11 is 5.90. The summed E-state index contributed by atoms with van der Waals surface area (Å²) < 4.78 is 1.74. The van der Waals surface area contributed by atoms with Crippen molar-refractivity contribution in [3.63, 3.8) is 0 Å². The zero-order chi connectivity index (χ0) is 13.4. The van der Waals surface area contributed by atoms with E-state index in [9.17, 15) is 10.1 Å². The average Bonchev–Trinajstić information content (AvgIpc) is 2.81. The van der Waals surface area contributed by atoms with Gasteiger partial charge in [0.25, 0.3) is 5.69 Å². The molecular formula is C13H8ClN3O2. The van der Waals surface area contributed by atoms with Crippen LogP contribution in [0.15, 0.2) is 48.8 Å². The summed E-state index contributed by atoms with van der Waals surface area (Å²) in [5.74, 6) is 0. The van der Waals surface area contributed by atoms with Crippen LogP contribution in [0.3, 0.4) is 0 Å². The molecule has 0 aliphatic carbocycles. The maximum absolute atomic E-state index is 11.0. The zero-order valence-electron chi connectivity index (χ0n) is 9.65. The van der Waals surface area contributed by atoms with Crippen molar-refractivity contribution in [3.05, 3.63) is 63.9 Å². The average molecular weight is 274 g/mol. The SMILES string of the molecule is O=[N+]([O-])c1ccccc1-c1cn2cc(Cl)ccc2n1. The number of benzene rings is 1. The van der Waals surface area contributed by atoms with Gasteiger partial charge in [0.2, 0.25) is 0 Å². The molecule has 0 bridgehead atoms. The van der Waals surface area contributed by atoms with E-state index in [1.807, 2.05) is 0 Å². The largest absolute Gasteiger partial charge is 0.305 e. The van der Waals surface area contributed by atoms with Gasteiger partial charge in [-0.1, -0.05) is 23.7 Å². The fourth-order valence-electron chi connectivity index (χ4n) is 1.94. The molecule has 0 atom stereocenters. The highest BCUT2D eigenvalue weighted by atomic mass is 35.5. The van der Waals surface area contributed by atoms with Gasteiger partial charge >= 0.3 is 0 Å². The van der Waals surface area contributed by atoms with Crippen LogP contribution in [-0.4, -0.2) is 14.3 Å². The first-order chi connectivity index (χ1) is 9.15. The van der Waals surface area contributed by atoms with Crippen molar-refractivity contribution in [3.8, 4) is 11.3 Å². The molecule has 3 rings (SSSR count). The van der Waals surface area contributed by atoms with Crippen molar-refractivity contribution in [2.75, 3.05) is 0 Å². The van der Waals surface area contributed by atoms with Gasteiger partial charge in [-0.15, -0.1) is 0 Å². The molecule has 2 heterocycles. The van der Waals surface area contributed by atoms with Crippen LogP contribution in [0.4, 0.5) is 5.69 Å². The number of aromatic nitrogens is 2. The first-order valence-corrected chi connectivity index (χ1v) is 5.91. The fraction of sp³-hybridized carbons (Fsp3) is 0. The maximum Gasteiger partial charge on any atom is 0.278 e. The van der Waals surface area contributed by atoms with Gasteiger partial charge in [0.1, 0.15) is 5.65 Å². The number of nitro benzene ring substituents is 1. The Kier molecular flexibility index (Phi) is 2.68. The summed E-state index contributed by atoms with van der Waals surface area (Å²) in [7, 11) is 0. The summed E-state index contributed by atoms with van der Waals surface area (Å²) in [6.07, 6.45) is 3.44. The Labute approximate surface area is 113 Å². The molecule has 6 heteroatoms. The molecule has 0 aliphatic heterocycles. The Hall–Kier alpha value is -2.40. The molecule has 0 aliphatic rings. The van der Waals surface area contributed by atoms with Crippen molar-refractivity contribution in [1.29, 1.82) is 0 Å². The summed E-state index contributed by atoms with van der Waals surface area (Å²) in [5, 5.41) is 11.6. The summed E-state index contributed by atoms with van der Waals surface area (Å²) in [6, 6.07) is 10.0. The third kappa shape index (κ3) is 2.04. The van der Waals surface area contributed by atoms with Crippen LogP contribution in [-0.2, 0) is 0 Å². The van der Waals surface area contributed by atoms with Gasteiger partial charge in [-0.2, -0.15) is 0 Å². The highest BCUT2D eigenvalue weighted by molar-refractivity contribution is 6.30. The van der Waals surface area contributed by atoms with E-state index in [1.54, 1.807) is 47.1 Å². The first kappa shape index (κ1) is 11.7. The second kappa shape index (κ2) is 4.37. The topological polar surface area (TPSA) is 60.4 Å². The number of nitrogens with zero attached hydrogens (tertiary/aromatic N) is 3. The second-order valence-corrected chi connectivity index (χ2v) is 4.45. The molecule has 0 spiro atoms. The third-order valence-electron chi connectivity index (χ3n) is 2.79. The molecule has 94 valence electrons. The smallest absolute Gasteiger partial charge is 0.278 e. The number of halogens is 1. The highest BCUT2D eigenvalue weighted by Crippen LogP contribution is 2.29. The Bertz CT molecular complexity index is 782. The van der Waals surface area contributed by atoms with Crippen LogP contribution in [0.25, 0.3) is 16.9 Å². The Balaban J connectivity index is 2.22. The minimum absolute atomic E-state index is 0.0389. The molecule has 2 aromatic heterocycles. The predicted octanol–water partition coefficient (Wildman–Crippen LogP) is 3.56. The van der Waals surface area contributed by atoms with Crippen molar-refractivity contribution in [1.82, 2.24) is 9.38 Å². The molecule has 0 unspecified atom stereocenters. The van der Waals surface area contributed by atoms with E-state index in [0.717, 1.165) is 0 Å². The lowest BCUT2D eigenvalue weighted by molar-refractivity contribution is -0.384. The number of para-hydroxylation sites is 1. The van der Waals surface area contributed by atoms with E-state index >= 15 is 0 Å². The normalized spacial score (nSPS) is 10.8. The molecule has 3 aromatic rings. The van der Waals surface area contributed by atoms with Gasteiger partial charge in [-0.3, -0.25) is 10.1 Å². The lowest BCUT2D eigenvalue weighted by Gasteiger charge is -1.97. The first-order valence-electron chi connectivity index (χ1n) is 5.53. The van der Waals surface area contributed by atoms with E-state index in [4.69, 9.17) is 11.6 Å². The van der Waals surface area contributed by atoms with Crippen molar-refractivity contribution in [2.45, 2.75) is 0 Å². The molecule has 0 amide bonds. The van der Waals surface area contributed by atoms with Crippen LogP contribution in [0.5, 0.6) is 0 Å². The van der Waals surface area contributed by atoms with E-state index < -0.39 is 4.92 Å². The monoisotopic (exact) mass is 273 g/mol. The van der Waals surface area contributed by atoms with E-state index in [1.165, 1.54) is 6.07 Å². The highest BCUT2D eigenvalue weighted by Gasteiger charge is 2.16. The van der Waals surface area contributed by atoms with Gasteiger partial charge in [0, 0.05) is 18.5 Å². The minimum atomic E-state index is -0.410. The number of hydrogen-bond donors (Lipinski definition) is 0. The van der Waals surface area contributed by atoms with Gasteiger partial charge in [0.15, 0.2) is 0 Å². The molecule has 5 nitrogen and oxygen atoms in total. The van der Waals surface area contributed by atoms with Crippen molar-refractivity contribution < 1.29 is 4.92 Å². The van der Waals surface area contributed by atoms with Crippen molar-refractivity contribution >= 4 is 22.9 Å². The number of rotatable bonds is 2. The maximum atomic E-state index is 11.0. The third-order valence-corrected chi connectivity index (χ3v) is 3.02. The minimum Gasteiger partial charge on any atom is -0.305 e. The Morgan fingerprint density at radius 1 is 1.16 bits per heavy atom. The van der Waals surface area contributed by atoms with Gasteiger partial charge < -0.3 is 4.40 Å². The van der Waals surface area contributed by atoms with E-state index in [-0.39, 0.29) is 5.69 Å². The summed E-state index contributed by atoms with van der Waals surface area (Å²) in [5.41, 5.74) is 1.77. The van der Waals surface area contributed by atoms with Crippen LogP contribution >= 0.6 is 11.6 Å². The lowest BCUT2D eigenvalue weighted by atomic mass is 10.1. The second-order valence-electron chi connectivity index (χ2n) is 4.01. The quantitative estimate of drug-likeness (QED) is 0.530. The van der Waals surface area contributed by atoms with Gasteiger partial charge in [-0.05, 0) is 18.2 Å². The van der Waals surface area contributed by atoms with Crippen LogP contribution in [0, 0.1) is 10.1 Å². The Morgan fingerprint density at radius 2 is 1.95 bits per heavy atom. The zero-order valence-corrected chi connectivity index (χ0v) is 10.4. The number of pyridine rings is 1. The van der Waals surface area contributed by atoms with Crippen LogP contribution in [0.2, 0.25) is 5.02 Å². The molecule has 19 heavy (non-hydrogen) atoms. The lowest BCUT2D eigenvalue weighted by Crippen LogP contribution is -1.91. The number of hydrogen-bond acceptors (Lipinski definition) is 3. The molecule has 1 aromatic carbocycles. The molecular weight excluding hydrogens is 266 g/mol. The predicted molar refractivity (Wildman–Crippen MR) is 72.3 cm³/mol. The van der Waals surface area contributed by atoms with Gasteiger partial charge in [-0.25, -0.2) is 4.98 Å². The number of nitro groups is 1. The number of imidazole rings is 1.